The first-order valence-corrected chi connectivity index (χ1v) is 4.47. The van der Waals surface area contributed by atoms with Gasteiger partial charge in [0.15, 0.2) is 0 Å². The van der Waals surface area contributed by atoms with Gasteiger partial charge in [0, 0.05) is 18.4 Å². The molecule has 0 aromatic carbocycles. The molecule has 2 nitrogen and oxygen atoms in total. The average Bonchev–Trinajstić information content (AvgIpc) is 2.06. The molecule has 2 heteroatoms. The summed E-state index contributed by atoms with van der Waals surface area (Å²) in [6.07, 6.45) is 6.86. The Balaban J connectivity index is 2.41. The molecular formula is C10H16N2. The molecule has 0 saturated carbocycles. The van der Waals surface area contributed by atoms with Gasteiger partial charge in [0.2, 0.25) is 0 Å². The Labute approximate surface area is 73.8 Å². The number of rotatable bonds is 4. The minimum absolute atomic E-state index is 0.291. The summed E-state index contributed by atoms with van der Waals surface area (Å²) in [6.45, 7) is 2.16. The van der Waals surface area contributed by atoms with Crippen molar-refractivity contribution in [2.24, 2.45) is 5.73 Å². The molecule has 1 aromatic rings. The summed E-state index contributed by atoms with van der Waals surface area (Å²) in [5, 5.41) is 0. The molecule has 0 bridgehead atoms. The number of nitrogens with zero attached hydrogens (tertiary/aromatic N) is 1. The molecule has 0 fully saturated rings. The second kappa shape index (κ2) is 4.88. The Kier molecular flexibility index (Phi) is 3.74. The predicted octanol–water partition coefficient (Wildman–Crippen LogP) is 1.75. The molecule has 0 aliphatic rings. The first-order chi connectivity index (χ1) is 5.83. The number of nitrogens with two attached hydrogens (primary N) is 1. The minimum Gasteiger partial charge on any atom is -0.327 e. The van der Waals surface area contributed by atoms with Gasteiger partial charge in [0.05, 0.1) is 0 Å². The fourth-order valence-corrected chi connectivity index (χ4v) is 1.29. The van der Waals surface area contributed by atoms with Crippen molar-refractivity contribution in [1.82, 2.24) is 4.98 Å². The van der Waals surface area contributed by atoms with E-state index >= 15 is 0 Å². The molecule has 1 heterocycles. The van der Waals surface area contributed by atoms with Gasteiger partial charge < -0.3 is 5.73 Å². The van der Waals surface area contributed by atoms with Crippen LogP contribution in [0.3, 0.4) is 0 Å². The van der Waals surface area contributed by atoms with Crippen LogP contribution in [0, 0.1) is 0 Å². The van der Waals surface area contributed by atoms with Crippen LogP contribution in [0.1, 0.15) is 25.3 Å². The zero-order valence-corrected chi connectivity index (χ0v) is 7.53. The van der Waals surface area contributed by atoms with Crippen molar-refractivity contribution in [3.05, 3.63) is 30.1 Å². The third-order valence-electron chi connectivity index (χ3n) is 1.88. The van der Waals surface area contributed by atoms with Crippen molar-refractivity contribution in [2.45, 2.75) is 32.2 Å². The van der Waals surface area contributed by atoms with Crippen LogP contribution in [0.5, 0.6) is 0 Å². The number of pyridine rings is 1. The molecule has 1 rings (SSSR count). The molecule has 0 aliphatic carbocycles. The normalized spacial score (nSPS) is 12.8. The Morgan fingerprint density at radius 2 is 2.42 bits per heavy atom. The first-order valence-electron chi connectivity index (χ1n) is 4.47. The van der Waals surface area contributed by atoms with E-state index in [1.54, 1.807) is 6.20 Å². The van der Waals surface area contributed by atoms with Crippen molar-refractivity contribution in [2.75, 3.05) is 0 Å². The highest BCUT2D eigenvalue weighted by molar-refractivity contribution is 5.09. The van der Waals surface area contributed by atoms with Crippen molar-refractivity contribution in [1.29, 1.82) is 0 Å². The van der Waals surface area contributed by atoms with E-state index in [2.05, 4.69) is 18.0 Å². The van der Waals surface area contributed by atoms with E-state index in [1.807, 2.05) is 12.3 Å². The molecule has 0 unspecified atom stereocenters. The first kappa shape index (κ1) is 9.20. The number of aromatic nitrogens is 1. The van der Waals surface area contributed by atoms with Crippen molar-refractivity contribution in [3.63, 3.8) is 0 Å². The van der Waals surface area contributed by atoms with Crippen LogP contribution in [0.4, 0.5) is 0 Å². The van der Waals surface area contributed by atoms with Gasteiger partial charge >= 0.3 is 0 Å². The monoisotopic (exact) mass is 164 g/mol. The largest absolute Gasteiger partial charge is 0.327 e. The molecule has 2 N–H and O–H groups in total. The van der Waals surface area contributed by atoms with E-state index in [1.165, 1.54) is 5.56 Å². The van der Waals surface area contributed by atoms with E-state index in [0.717, 1.165) is 19.3 Å². The molecular weight excluding hydrogens is 148 g/mol. The standard InChI is InChI=1S/C10H16N2/c1-2-4-10(11)7-9-5-3-6-12-8-9/h3,5-6,8,10H,2,4,7,11H2,1H3/t10-/m0/s1. The van der Waals surface area contributed by atoms with Crippen LogP contribution in [0.15, 0.2) is 24.5 Å². The van der Waals surface area contributed by atoms with Gasteiger partial charge in [-0.25, -0.2) is 0 Å². The van der Waals surface area contributed by atoms with Crippen LogP contribution in [-0.4, -0.2) is 11.0 Å². The molecule has 0 spiro atoms. The maximum Gasteiger partial charge on any atom is 0.0300 e. The highest BCUT2D eigenvalue weighted by Crippen LogP contribution is 2.03. The van der Waals surface area contributed by atoms with Crippen LogP contribution in [0.25, 0.3) is 0 Å². The van der Waals surface area contributed by atoms with E-state index in [-0.39, 0.29) is 0 Å². The van der Waals surface area contributed by atoms with Crippen LogP contribution < -0.4 is 5.73 Å². The summed E-state index contributed by atoms with van der Waals surface area (Å²) in [7, 11) is 0. The smallest absolute Gasteiger partial charge is 0.0300 e. The van der Waals surface area contributed by atoms with Gasteiger partial charge in [0.25, 0.3) is 0 Å². The molecule has 0 aliphatic heterocycles. The van der Waals surface area contributed by atoms with Crippen LogP contribution in [0.2, 0.25) is 0 Å². The van der Waals surface area contributed by atoms with E-state index in [9.17, 15) is 0 Å². The quantitative estimate of drug-likeness (QED) is 0.736. The lowest BCUT2D eigenvalue weighted by molar-refractivity contribution is 0.599. The van der Waals surface area contributed by atoms with Gasteiger partial charge in [-0.05, 0) is 24.5 Å². The number of hydrogen-bond acceptors (Lipinski definition) is 2. The maximum atomic E-state index is 5.89. The third-order valence-corrected chi connectivity index (χ3v) is 1.88. The second-order valence-corrected chi connectivity index (χ2v) is 3.11. The van der Waals surface area contributed by atoms with E-state index in [0.29, 0.717) is 6.04 Å². The maximum absolute atomic E-state index is 5.89. The topological polar surface area (TPSA) is 38.9 Å². The molecule has 0 saturated heterocycles. The summed E-state index contributed by atoms with van der Waals surface area (Å²) in [4.78, 5) is 4.04. The summed E-state index contributed by atoms with van der Waals surface area (Å²) < 4.78 is 0. The summed E-state index contributed by atoms with van der Waals surface area (Å²) >= 11 is 0. The van der Waals surface area contributed by atoms with Crippen LogP contribution >= 0.6 is 0 Å². The summed E-state index contributed by atoms with van der Waals surface area (Å²) in [5.41, 5.74) is 7.12. The van der Waals surface area contributed by atoms with Crippen molar-refractivity contribution < 1.29 is 0 Å². The van der Waals surface area contributed by atoms with Gasteiger partial charge in [-0.1, -0.05) is 19.4 Å². The molecule has 0 radical (unpaired) electrons. The summed E-state index contributed by atoms with van der Waals surface area (Å²) in [5.74, 6) is 0. The average molecular weight is 164 g/mol. The molecule has 1 aromatic heterocycles. The summed E-state index contributed by atoms with van der Waals surface area (Å²) in [6, 6.07) is 4.32. The van der Waals surface area contributed by atoms with Gasteiger partial charge in [-0.3, -0.25) is 4.98 Å². The van der Waals surface area contributed by atoms with Gasteiger partial charge in [-0.2, -0.15) is 0 Å². The van der Waals surface area contributed by atoms with Crippen molar-refractivity contribution >= 4 is 0 Å². The van der Waals surface area contributed by atoms with Crippen molar-refractivity contribution in [3.8, 4) is 0 Å². The zero-order valence-electron chi connectivity index (χ0n) is 7.53. The fraction of sp³-hybridized carbons (Fsp3) is 0.500. The molecule has 1 atom stereocenters. The van der Waals surface area contributed by atoms with E-state index in [4.69, 9.17) is 5.73 Å². The highest BCUT2D eigenvalue weighted by Gasteiger charge is 2.01. The SMILES string of the molecule is CCC[C@H](N)Cc1cccnc1. The van der Waals surface area contributed by atoms with Gasteiger partial charge in [0.1, 0.15) is 0 Å². The lowest BCUT2D eigenvalue weighted by Gasteiger charge is -2.08. The Morgan fingerprint density at radius 3 is 3.00 bits per heavy atom. The second-order valence-electron chi connectivity index (χ2n) is 3.11. The lowest BCUT2D eigenvalue weighted by Crippen LogP contribution is -2.22. The molecule has 0 amide bonds. The Morgan fingerprint density at radius 1 is 1.58 bits per heavy atom. The molecule has 12 heavy (non-hydrogen) atoms. The van der Waals surface area contributed by atoms with E-state index < -0.39 is 0 Å². The molecule has 66 valence electrons. The lowest BCUT2D eigenvalue weighted by atomic mass is 10.0. The van der Waals surface area contributed by atoms with Crippen LogP contribution in [-0.2, 0) is 6.42 Å². The predicted molar refractivity (Wildman–Crippen MR) is 50.8 cm³/mol. The third kappa shape index (κ3) is 3.01. The zero-order chi connectivity index (χ0) is 8.81. The minimum atomic E-state index is 0.291. The Bertz CT molecular complexity index is 208. The Hall–Kier alpha value is -0.890. The van der Waals surface area contributed by atoms with Gasteiger partial charge in [-0.15, -0.1) is 0 Å². The fourth-order valence-electron chi connectivity index (χ4n) is 1.29. The highest BCUT2D eigenvalue weighted by atomic mass is 14.6. The number of hydrogen-bond donors (Lipinski definition) is 1.